The second-order valence-corrected chi connectivity index (χ2v) is 4.23. The number of anilines is 2. The van der Waals surface area contributed by atoms with Crippen molar-refractivity contribution < 1.29 is 4.52 Å². The third-order valence-electron chi connectivity index (χ3n) is 2.38. The summed E-state index contributed by atoms with van der Waals surface area (Å²) in [7, 11) is 0. The number of nitrogens with one attached hydrogen (secondary N) is 2. The third kappa shape index (κ3) is 3.90. The molecule has 0 spiro atoms. The molecule has 0 atom stereocenters. The summed E-state index contributed by atoms with van der Waals surface area (Å²) < 4.78 is 4.91. The van der Waals surface area contributed by atoms with Crippen LogP contribution in [0.3, 0.4) is 0 Å². The second kappa shape index (κ2) is 6.12. The van der Waals surface area contributed by atoms with E-state index in [4.69, 9.17) is 4.52 Å². The lowest BCUT2D eigenvalue weighted by atomic mass is 10.4. The van der Waals surface area contributed by atoms with E-state index >= 15 is 0 Å². The average molecular weight is 262 g/mol. The van der Waals surface area contributed by atoms with Gasteiger partial charge in [-0.05, 0) is 13.3 Å². The molecule has 102 valence electrons. The molecule has 0 aliphatic heterocycles. The zero-order valence-corrected chi connectivity index (χ0v) is 11.4. The van der Waals surface area contributed by atoms with Gasteiger partial charge in [0.25, 0.3) is 0 Å². The fraction of sp³-hybridized carbons (Fsp3) is 0.500. The number of aryl methyl sites for hydroxylation is 2. The van der Waals surface area contributed by atoms with E-state index in [0.717, 1.165) is 24.5 Å². The minimum absolute atomic E-state index is 0.473. The van der Waals surface area contributed by atoms with E-state index in [1.807, 2.05) is 13.0 Å². The van der Waals surface area contributed by atoms with Crippen LogP contribution in [0.5, 0.6) is 0 Å². The Hall–Kier alpha value is -2.18. The Labute approximate surface area is 111 Å². The molecule has 19 heavy (non-hydrogen) atoms. The molecule has 0 bridgehead atoms. The van der Waals surface area contributed by atoms with E-state index in [2.05, 4.69) is 37.7 Å². The predicted octanol–water partition coefficient (Wildman–Crippen LogP) is 1.91. The van der Waals surface area contributed by atoms with Crippen molar-refractivity contribution in [3.05, 3.63) is 23.5 Å². The maximum absolute atomic E-state index is 4.91. The number of aromatic nitrogens is 4. The molecule has 7 heteroatoms. The van der Waals surface area contributed by atoms with Gasteiger partial charge < -0.3 is 15.2 Å². The smallest absolute Gasteiger partial charge is 0.224 e. The van der Waals surface area contributed by atoms with Crippen molar-refractivity contribution in [2.24, 2.45) is 0 Å². The molecule has 2 aromatic rings. The van der Waals surface area contributed by atoms with Crippen molar-refractivity contribution in [2.45, 2.75) is 33.7 Å². The highest BCUT2D eigenvalue weighted by Gasteiger charge is 2.04. The molecule has 2 N–H and O–H groups in total. The summed E-state index contributed by atoms with van der Waals surface area (Å²) >= 11 is 0. The SMILES string of the molecule is CCCNc1nc(C)cc(NCc2noc(C)n2)n1. The average Bonchev–Trinajstić information content (AvgIpc) is 2.79. The largest absolute Gasteiger partial charge is 0.362 e. The molecule has 0 aliphatic rings. The summed E-state index contributed by atoms with van der Waals surface area (Å²) in [5.41, 5.74) is 0.903. The van der Waals surface area contributed by atoms with Crippen LogP contribution in [0.25, 0.3) is 0 Å². The molecular weight excluding hydrogens is 244 g/mol. The minimum atomic E-state index is 0.473. The van der Waals surface area contributed by atoms with Crippen LogP contribution < -0.4 is 10.6 Å². The Morgan fingerprint density at radius 2 is 2.00 bits per heavy atom. The maximum Gasteiger partial charge on any atom is 0.224 e. The topological polar surface area (TPSA) is 88.8 Å². The Morgan fingerprint density at radius 3 is 2.68 bits per heavy atom. The number of rotatable bonds is 6. The summed E-state index contributed by atoms with van der Waals surface area (Å²) in [5, 5.41) is 10.1. The van der Waals surface area contributed by atoms with Crippen LogP contribution in [0.2, 0.25) is 0 Å². The quantitative estimate of drug-likeness (QED) is 0.821. The van der Waals surface area contributed by atoms with Crippen molar-refractivity contribution in [3.8, 4) is 0 Å². The van der Waals surface area contributed by atoms with Gasteiger partial charge in [-0.15, -0.1) is 0 Å². The standard InChI is InChI=1S/C12H18N6O/c1-4-5-13-12-15-8(2)6-10(17-12)14-7-11-16-9(3)19-18-11/h6H,4-5,7H2,1-3H3,(H2,13,14,15,17). The van der Waals surface area contributed by atoms with E-state index in [1.54, 1.807) is 6.92 Å². The highest BCUT2D eigenvalue weighted by molar-refractivity contribution is 5.42. The van der Waals surface area contributed by atoms with Gasteiger partial charge in [0.1, 0.15) is 5.82 Å². The molecular formula is C12H18N6O. The monoisotopic (exact) mass is 262 g/mol. The summed E-state index contributed by atoms with van der Waals surface area (Å²) in [6.07, 6.45) is 1.03. The van der Waals surface area contributed by atoms with Gasteiger partial charge >= 0.3 is 0 Å². The minimum Gasteiger partial charge on any atom is -0.362 e. The molecule has 0 amide bonds. The molecule has 0 unspecified atom stereocenters. The van der Waals surface area contributed by atoms with E-state index in [1.165, 1.54) is 0 Å². The molecule has 2 rings (SSSR count). The normalized spacial score (nSPS) is 10.5. The van der Waals surface area contributed by atoms with Gasteiger partial charge in [-0.3, -0.25) is 0 Å². The van der Waals surface area contributed by atoms with E-state index in [9.17, 15) is 0 Å². The summed E-state index contributed by atoms with van der Waals surface area (Å²) in [6, 6.07) is 1.88. The molecule has 0 saturated carbocycles. The van der Waals surface area contributed by atoms with Crippen LogP contribution in [0.15, 0.2) is 10.6 Å². The third-order valence-corrected chi connectivity index (χ3v) is 2.38. The van der Waals surface area contributed by atoms with Crippen LogP contribution in [0.4, 0.5) is 11.8 Å². The summed E-state index contributed by atoms with van der Waals surface area (Å²) in [6.45, 7) is 7.12. The lowest BCUT2D eigenvalue weighted by Crippen LogP contribution is -2.09. The van der Waals surface area contributed by atoms with E-state index in [0.29, 0.717) is 24.2 Å². The Morgan fingerprint density at radius 1 is 1.16 bits per heavy atom. The van der Waals surface area contributed by atoms with Crippen molar-refractivity contribution >= 4 is 11.8 Å². The van der Waals surface area contributed by atoms with Gasteiger partial charge in [0, 0.05) is 25.2 Å². The fourth-order valence-electron chi connectivity index (χ4n) is 1.56. The van der Waals surface area contributed by atoms with E-state index in [-0.39, 0.29) is 0 Å². The summed E-state index contributed by atoms with van der Waals surface area (Å²) in [4.78, 5) is 12.8. The van der Waals surface area contributed by atoms with Crippen LogP contribution in [-0.4, -0.2) is 26.7 Å². The van der Waals surface area contributed by atoms with Crippen molar-refractivity contribution in [3.63, 3.8) is 0 Å². The van der Waals surface area contributed by atoms with Crippen LogP contribution in [-0.2, 0) is 6.54 Å². The zero-order chi connectivity index (χ0) is 13.7. The molecule has 2 aromatic heterocycles. The summed E-state index contributed by atoms with van der Waals surface area (Å²) in [5.74, 6) is 2.54. The first-order chi connectivity index (χ1) is 9.17. The predicted molar refractivity (Wildman–Crippen MR) is 71.9 cm³/mol. The second-order valence-electron chi connectivity index (χ2n) is 4.23. The fourth-order valence-corrected chi connectivity index (χ4v) is 1.56. The molecule has 0 fully saturated rings. The first-order valence-corrected chi connectivity index (χ1v) is 6.30. The Balaban J connectivity index is 2.01. The van der Waals surface area contributed by atoms with Gasteiger partial charge in [0.2, 0.25) is 11.8 Å². The molecule has 2 heterocycles. The zero-order valence-electron chi connectivity index (χ0n) is 11.4. The van der Waals surface area contributed by atoms with E-state index < -0.39 is 0 Å². The number of nitrogens with zero attached hydrogens (tertiary/aromatic N) is 4. The van der Waals surface area contributed by atoms with Crippen LogP contribution in [0, 0.1) is 13.8 Å². The van der Waals surface area contributed by atoms with Crippen LogP contribution >= 0.6 is 0 Å². The van der Waals surface area contributed by atoms with Crippen LogP contribution in [0.1, 0.15) is 30.8 Å². The number of hydrogen-bond acceptors (Lipinski definition) is 7. The first-order valence-electron chi connectivity index (χ1n) is 6.30. The van der Waals surface area contributed by atoms with Gasteiger partial charge in [-0.1, -0.05) is 12.1 Å². The molecule has 0 radical (unpaired) electrons. The van der Waals surface area contributed by atoms with Gasteiger partial charge in [0.15, 0.2) is 5.82 Å². The van der Waals surface area contributed by atoms with Crippen molar-refractivity contribution in [1.29, 1.82) is 0 Å². The number of hydrogen-bond donors (Lipinski definition) is 2. The molecule has 7 nitrogen and oxygen atoms in total. The maximum atomic E-state index is 4.91. The van der Waals surface area contributed by atoms with Crippen molar-refractivity contribution in [2.75, 3.05) is 17.2 Å². The van der Waals surface area contributed by atoms with Gasteiger partial charge in [-0.2, -0.15) is 9.97 Å². The lowest BCUT2D eigenvalue weighted by Gasteiger charge is -2.08. The highest BCUT2D eigenvalue weighted by Crippen LogP contribution is 2.10. The lowest BCUT2D eigenvalue weighted by molar-refractivity contribution is 0.388. The Bertz CT molecular complexity index is 539. The molecule has 0 aromatic carbocycles. The molecule has 0 aliphatic carbocycles. The molecule has 0 saturated heterocycles. The van der Waals surface area contributed by atoms with Crippen molar-refractivity contribution in [1.82, 2.24) is 20.1 Å². The highest BCUT2D eigenvalue weighted by atomic mass is 16.5. The first kappa shape index (κ1) is 13.3. The van der Waals surface area contributed by atoms with Gasteiger partial charge in [-0.25, -0.2) is 4.98 Å². The van der Waals surface area contributed by atoms with Gasteiger partial charge in [0.05, 0.1) is 6.54 Å². The Kier molecular flexibility index (Phi) is 4.27.